The average Bonchev–Trinajstić information content (AvgIpc) is 2.46. The van der Waals surface area contributed by atoms with Gasteiger partial charge >= 0.3 is 0 Å². The molecule has 2 nitrogen and oxygen atoms in total. The van der Waals surface area contributed by atoms with Crippen molar-refractivity contribution < 1.29 is 4.74 Å². The second kappa shape index (κ2) is 7.30. The lowest BCUT2D eigenvalue weighted by molar-refractivity contribution is 0.414. The fourth-order valence-corrected chi connectivity index (χ4v) is 3.33. The first-order chi connectivity index (χ1) is 10.1. The smallest absolute Gasteiger partial charge is 0.120 e. The molecule has 4 heteroatoms. The molecule has 0 aliphatic rings. The fraction of sp³-hybridized carbons (Fsp3) is 0.294. The molecule has 0 radical (unpaired) electrons. The van der Waals surface area contributed by atoms with Crippen LogP contribution in [0, 0.1) is 6.92 Å². The molecule has 2 rings (SSSR count). The van der Waals surface area contributed by atoms with Crippen molar-refractivity contribution in [3.05, 3.63) is 62.6 Å². The molecule has 21 heavy (non-hydrogen) atoms. The summed E-state index contributed by atoms with van der Waals surface area (Å²) in [5.41, 5.74) is 3.44. The van der Waals surface area contributed by atoms with Gasteiger partial charge in [-0.25, -0.2) is 0 Å². The molecule has 0 bridgehead atoms. The van der Waals surface area contributed by atoms with Crippen LogP contribution in [0.25, 0.3) is 0 Å². The molecule has 112 valence electrons. The van der Waals surface area contributed by atoms with E-state index in [0.29, 0.717) is 5.02 Å². The van der Waals surface area contributed by atoms with Crippen molar-refractivity contribution in [1.82, 2.24) is 5.32 Å². The summed E-state index contributed by atoms with van der Waals surface area (Å²) >= 11 is 10.1. The highest BCUT2D eigenvalue weighted by molar-refractivity contribution is 9.10. The lowest BCUT2D eigenvalue weighted by Gasteiger charge is -2.22. The number of hydrogen-bond donors (Lipinski definition) is 1. The fourth-order valence-electron chi connectivity index (χ4n) is 2.33. The second-order valence-electron chi connectivity index (χ2n) is 4.90. The largest absolute Gasteiger partial charge is 0.497 e. The van der Waals surface area contributed by atoms with E-state index in [1.807, 2.05) is 18.2 Å². The maximum absolute atomic E-state index is 6.44. The number of methoxy groups -OCH3 is 1. The summed E-state index contributed by atoms with van der Waals surface area (Å²) in [6.07, 6.45) is 0. The van der Waals surface area contributed by atoms with Crippen LogP contribution < -0.4 is 10.1 Å². The highest BCUT2D eigenvalue weighted by Crippen LogP contribution is 2.34. The third kappa shape index (κ3) is 3.79. The van der Waals surface area contributed by atoms with Crippen LogP contribution in [0.2, 0.25) is 5.02 Å². The predicted molar refractivity (Wildman–Crippen MR) is 92.4 cm³/mol. The molecular formula is C17H19BrClNO. The molecule has 1 N–H and O–H groups in total. The zero-order valence-electron chi connectivity index (χ0n) is 12.4. The van der Waals surface area contributed by atoms with Gasteiger partial charge in [0, 0.05) is 9.50 Å². The molecule has 1 unspecified atom stereocenters. The molecule has 0 saturated heterocycles. The zero-order valence-corrected chi connectivity index (χ0v) is 14.8. The Hall–Kier alpha value is -1.03. The van der Waals surface area contributed by atoms with E-state index in [1.165, 1.54) is 11.1 Å². The van der Waals surface area contributed by atoms with Crippen LogP contribution in [-0.2, 0) is 0 Å². The number of nitrogens with one attached hydrogen (secondary N) is 1. The molecular weight excluding hydrogens is 350 g/mol. The van der Waals surface area contributed by atoms with Crippen LogP contribution in [0.3, 0.4) is 0 Å². The molecule has 0 amide bonds. The van der Waals surface area contributed by atoms with E-state index >= 15 is 0 Å². The van der Waals surface area contributed by atoms with E-state index in [-0.39, 0.29) is 6.04 Å². The van der Waals surface area contributed by atoms with E-state index in [2.05, 4.69) is 53.3 Å². The van der Waals surface area contributed by atoms with Gasteiger partial charge in [0.1, 0.15) is 5.75 Å². The van der Waals surface area contributed by atoms with Crippen molar-refractivity contribution >= 4 is 27.5 Å². The number of hydrogen-bond acceptors (Lipinski definition) is 2. The number of benzene rings is 2. The minimum atomic E-state index is 0.0448. The van der Waals surface area contributed by atoms with Crippen molar-refractivity contribution in [1.29, 1.82) is 0 Å². The van der Waals surface area contributed by atoms with Gasteiger partial charge in [0.15, 0.2) is 0 Å². The van der Waals surface area contributed by atoms with Gasteiger partial charge in [0.25, 0.3) is 0 Å². The summed E-state index contributed by atoms with van der Waals surface area (Å²) in [5, 5.41) is 4.20. The van der Waals surface area contributed by atoms with Gasteiger partial charge in [-0.2, -0.15) is 0 Å². The number of rotatable bonds is 5. The first kappa shape index (κ1) is 16.3. The minimum absolute atomic E-state index is 0.0448. The summed E-state index contributed by atoms with van der Waals surface area (Å²) in [7, 11) is 1.64. The quantitative estimate of drug-likeness (QED) is 0.791. The summed E-state index contributed by atoms with van der Waals surface area (Å²) in [6, 6.07) is 12.2. The Morgan fingerprint density at radius 1 is 1.19 bits per heavy atom. The van der Waals surface area contributed by atoms with Gasteiger partial charge in [-0.3, -0.25) is 0 Å². The Kier molecular flexibility index (Phi) is 5.68. The maximum Gasteiger partial charge on any atom is 0.120 e. The van der Waals surface area contributed by atoms with Gasteiger partial charge in [0.2, 0.25) is 0 Å². The summed E-state index contributed by atoms with van der Waals surface area (Å²) in [6.45, 7) is 5.02. The molecule has 0 aliphatic carbocycles. The Bertz CT molecular complexity index is 630. The van der Waals surface area contributed by atoms with E-state index < -0.39 is 0 Å². The van der Waals surface area contributed by atoms with Gasteiger partial charge in [-0.1, -0.05) is 52.7 Å². The van der Waals surface area contributed by atoms with Gasteiger partial charge in [-0.05, 0) is 48.4 Å². The van der Waals surface area contributed by atoms with Gasteiger partial charge in [-0.15, -0.1) is 0 Å². The Labute approximate surface area is 139 Å². The predicted octanol–water partition coefficient (Wildman–Crippen LogP) is 5.12. The number of halogens is 2. The first-order valence-electron chi connectivity index (χ1n) is 6.89. The molecule has 0 aromatic heterocycles. The lowest BCUT2D eigenvalue weighted by Crippen LogP contribution is -2.22. The van der Waals surface area contributed by atoms with Crippen LogP contribution in [0.1, 0.15) is 29.7 Å². The highest BCUT2D eigenvalue weighted by atomic mass is 79.9. The summed E-state index contributed by atoms with van der Waals surface area (Å²) in [5.74, 6) is 0.766. The monoisotopic (exact) mass is 367 g/mol. The lowest BCUT2D eigenvalue weighted by atomic mass is 9.97. The molecule has 0 saturated carbocycles. The maximum atomic E-state index is 6.44. The third-order valence-corrected chi connectivity index (χ3v) is 4.41. The standard InChI is InChI=1S/C17H19BrClNO/c1-4-20-17(13-7-5-11(2)9-15(13)18)14-8-6-12(21-3)10-16(14)19/h5-10,17,20H,4H2,1-3H3. The van der Waals surface area contributed by atoms with Crippen LogP contribution in [0.5, 0.6) is 5.75 Å². The molecule has 2 aromatic carbocycles. The topological polar surface area (TPSA) is 21.3 Å². The number of ether oxygens (including phenoxy) is 1. The van der Waals surface area contributed by atoms with Crippen LogP contribution >= 0.6 is 27.5 Å². The van der Waals surface area contributed by atoms with Crippen LogP contribution in [-0.4, -0.2) is 13.7 Å². The van der Waals surface area contributed by atoms with Crippen molar-refractivity contribution in [3.63, 3.8) is 0 Å². The first-order valence-corrected chi connectivity index (χ1v) is 8.06. The highest BCUT2D eigenvalue weighted by Gasteiger charge is 2.19. The molecule has 2 aromatic rings. The van der Waals surface area contributed by atoms with Crippen LogP contribution in [0.4, 0.5) is 0 Å². The Morgan fingerprint density at radius 3 is 2.48 bits per heavy atom. The summed E-state index contributed by atoms with van der Waals surface area (Å²) in [4.78, 5) is 0. The van der Waals surface area contributed by atoms with E-state index in [0.717, 1.165) is 22.3 Å². The molecule has 0 aliphatic heterocycles. The van der Waals surface area contributed by atoms with Crippen molar-refractivity contribution in [3.8, 4) is 5.75 Å². The van der Waals surface area contributed by atoms with E-state index in [4.69, 9.17) is 16.3 Å². The zero-order chi connectivity index (χ0) is 15.4. The second-order valence-corrected chi connectivity index (χ2v) is 6.16. The van der Waals surface area contributed by atoms with E-state index in [9.17, 15) is 0 Å². The van der Waals surface area contributed by atoms with Gasteiger partial charge in [0.05, 0.1) is 13.2 Å². The number of aryl methyl sites for hydroxylation is 1. The van der Waals surface area contributed by atoms with Crippen LogP contribution in [0.15, 0.2) is 40.9 Å². The molecule has 1 atom stereocenters. The average molecular weight is 369 g/mol. The molecule has 0 spiro atoms. The normalized spacial score (nSPS) is 12.2. The van der Waals surface area contributed by atoms with E-state index in [1.54, 1.807) is 7.11 Å². The molecule has 0 heterocycles. The van der Waals surface area contributed by atoms with Crippen molar-refractivity contribution in [2.75, 3.05) is 13.7 Å². The summed E-state index contributed by atoms with van der Waals surface area (Å²) < 4.78 is 6.30. The van der Waals surface area contributed by atoms with Gasteiger partial charge < -0.3 is 10.1 Å². The SMILES string of the molecule is CCNC(c1ccc(OC)cc1Cl)c1ccc(C)cc1Br. The Balaban J connectivity index is 2.48. The van der Waals surface area contributed by atoms with Crippen molar-refractivity contribution in [2.24, 2.45) is 0 Å². The third-order valence-electron chi connectivity index (χ3n) is 3.39. The minimum Gasteiger partial charge on any atom is -0.497 e. The Morgan fingerprint density at radius 2 is 1.90 bits per heavy atom. The molecule has 0 fully saturated rings. The van der Waals surface area contributed by atoms with Crippen molar-refractivity contribution in [2.45, 2.75) is 19.9 Å².